The molecule has 0 fully saturated rings. The number of anilines is 1. The second-order valence-corrected chi connectivity index (χ2v) is 6.76. The molecule has 0 saturated carbocycles. The zero-order valence-electron chi connectivity index (χ0n) is 8.74. The summed E-state index contributed by atoms with van der Waals surface area (Å²) in [5.41, 5.74) is 0. The Balaban J connectivity index is 2.54. The van der Waals surface area contributed by atoms with E-state index in [4.69, 9.17) is 23.2 Å². The number of nitrogens with zero attached hydrogens (tertiary/aromatic N) is 2. The average molecular weight is 300 g/mol. The summed E-state index contributed by atoms with van der Waals surface area (Å²) in [6, 6.07) is 0. The molecular weight excluding hydrogens is 289 g/mol. The lowest BCUT2D eigenvalue weighted by Gasteiger charge is -2.02. The quantitative estimate of drug-likeness (QED) is 0.515. The first-order valence-electron chi connectivity index (χ1n) is 4.62. The topological polar surface area (TPSA) is 54.9 Å². The predicted octanol–water partition coefficient (Wildman–Crippen LogP) is 3.17. The molecule has 0 aliphatic heterocycles. The molecular formula is C8H11Cl2N3OS2. The van der Waals surface area contributed by atoms with Crippen molar-refractivity contribution in [3.63, 3.8) is 0 Å². The van der Waals surface area contributed by atoms with E-state index in [0.717, 1.165) is 10.8 Å². The van der Waals surface area contributed by atoms with Crippen LogP contribution in [-0.2, 0) is 4.79 Å². The maximum absolute atomic E-state index is 11.2. The number of carbonyl (C=O) groups is 1. The van der Waals surface area contributed by atoms with Gasteiger partial charge in [-0.05, 0) is 6.42 Å². The van der Waals surface area contributed by atoms with Gasteiger partial charge in [0.1, 0.15) is 0 Å². The van der Waals surface area contributed by atoms with Gasteiger partial charge in [-0.15, -0.1) is 10.2 Å². The van der Waals surface area contributed by atoms with Gasteiger partial charge in [0.05, 0.1) is 0 Å². The van der Waals surface area contributed by atoms with Crippen molar-refractivity contribution in [2.45, 2.75) is 34.7 Å². The fraction of sp³-hybridized carbons (Fsp3) is 0.625. The number of carbonyl (C=O) groups excluding carboxylic acids is 1. The first-order chi connectivity index (χ1) is 7.52. The molecule has 0 aliphatic carbocycles. The van der Waals surface area contributed by atoms with Crippen molar-refractivity contribution in [3.05, 3.63) is 0 Å². The molecule has 1 heterocycles. The van der Waals surface area contributed by atoms with E-state index in [1.807, 2.05) is 0 Å². The molecule has 0 bridgehead atoms. The van der Waals surface area contributed by atoms with E-state index in [-0.39, 0.29) is 0 Å². The highest BCUT2D eigenvalue weighted by Gasteiger charge is 2.15. The molecule has 1 atom stereocenters. The van der Waals surface area contributed by atoms with Crippen molar-refractivity contribution < 1.29 is 4.79 Å². The van der Waals surface area contributed by atoms with Gasteiger partial charge in [0.2, 0.25) is 5.13 Å². The number of thioether (sulfide) groups is 1. The minimum atomic E-state index is -1.09. The summed E-state index contributed by atoms with van der Waals surface area (Å²) < 4.78 is 0.824. The fourth-order valence-electron chi connectivity index (χ4n) is 0.723. The van der Waals surface area contributed by atoms with Crippen LogP contribution in [0.2, 0.25) is 0 Å². The monoisotopic (exact) mass is 299 g/mol. The smallest absolute Gasteiger partial charge is 0.259 e. The number of halogens is 2. The SMILES string of the molecule is CCC(C)Sc1nnc(NC(=O)C(Cl)Cl)s1. The number of alkyl halides is 2. The first-order valence-corrected chi connectivity index (χ1v) is 7.19. The zero-order chi connectivity index (χ0) is 12.1. The van der Waals surface area contributed by atoms with Gasteiger partial charge in [-0.1, -0.05) is 60.1 Å². The fourth-order valence-corrected chi connectivity index (χ4v) is 2.83. The zero-order valence-corrected chi connectivity index (χ0v) is 11.9. The van der Waals surface area contributed by atoms with E-state index in [9.17, 15) is 4.79 Å². The number of rotatable bonds is 5. The number of hydrogen-bond donors (Lipinski definition) is 1. The van der Waals surface area contributed by atoms with E-state index in [1.54, 1.807) is 11.8 Å². The molecule has 1 aromatic heterocycles. The third-order valence-corrected chi connectivity index (χ3v) is 4.30. The lowest BCUT2D eigenvalue weighted by molar-refractivity contribution is -0.114. The van der Waals surface area contributed by atoms with Gasteiger partial charge in [0.15, 0.2) is 9.18 Å². The van der Waals surface area contributed by atoms with Gasteiger partial charge >= 0.3 is 0 Å². The molecule has 1 N–H and O–H groups in total. The summed E-state index contributed by atoms with van der Waals surface area (Å²) in [6.07, 6.45) is 1.05. The van der Waals surface area contributed by atoms with Crippen LogP contribution in [0.1, 0.15) is 20.3 Å². The van der Waals surface area contributed by atoms with Gasteiger partial charge in [-0.25, -0.2) is 0 Å². The van der Waals surface area contributed by atoms with Crippen LogP contribution in [0.4, 0.5) is 5.13 Å². The Morgan fingerprint density at radius 2 is 2.25 bits per heavy atom. The third kappa shape index (κ3) is 4.45. The van der Waals surface area contributed by atoms with Crippen LogP contribution in [0.3, 0.4) is 0 Å². The maximum Gasteiger partial charge on any atom is 0.259 e. The molecule has 16 heavy (non-hydrogen) atoms. The lowest BCUT2D eigenvalue weighted by Crippen LogP contribution is -2.18. The van der Waals surface area contributed by atoms with Crippen LogP contribution < -0.4 is 5.32 Å². The second-order valence-electron chi connectivity index (χ2n) is 3.00. The van der Waals surface area contributed by atoms with Gasteiger partial charge in [-0.3, -0.25) is 10.1 Å². The molecule has 0 spiro atoms. The molecule has 1 unspecified atom stereocenters. The first kappa shape index (κ1) is 14.0. The highest BCUT2D eigenvalue weighted by Crippen LogP contribution is 2.30. The number of amides is 1. The van der Waals surface area contributed by atoms with Crippen LogP contribution in [0.25, 0.3) is 0 Å². The van der Waals surface area contributed by atoms with Crippen molar-refractivity contribution >= 4 is 57.3 Å². The highest BCUT2D eigenvalue weighted by molar-refractivity contribution is 8.01. The standard InChI is InChI=1S/C8H11Cl2N3OS2/c1-3-4(2)15-8-13-12-7(16-8)11-6(14)5(9)10/h4-5H,3H2,1-2H3,(H,11,12,14). The van der Waals surface area contributed by atoms with Crippen molar-refractivity contribution in [1.29, 1.82) is 0 Å². The second kappa shape index (κ2) is 6.64. The van der Waals surface area contributed by atoms with Gasteiger partial charge < -0.3 is 0 Å². The summed E-state index contributed by atoms with van der Waals surface area (Å²) in [4.78, 5) is 10.1. The molecule has 1 rings (SSSR count). The minimum Gasteiger partial charge on any atom is -0.298 e. The Bertz CT molecular complexity index is 359. The van der Waals surface area contributed by atoms with Crippen LogP contribution in [-0.4, -0.2) is 26.2 Å². The maximum atomic E-state index is 11.2. The van der Waals surface area contributed by atoms with Crippen molar-refractivity contribution in [1.82, 2.24) is 10.2 Å². The summed E-state index contributed by atoms with van der Waals surface area (Å²) in [5.74, 6) is -0.487. The van der Waals surface area contributed by atoms with Crippen molar-refractivity contribution in [2.75, 3.05) is 5.32 Å². The van der Waals surface area contributed by atoms with Crippen molar-refractivity contribution in [2.24, 2.45) is 0 Å². The van der Waals surface area contributed by atoms with Crippen molar-refractivity contribution in [3.8, 4) is 0 Å². The average Bonchev–Trinajstić information content (AvgIpc) is 2.65. The Kier molecular flexibility index (Phi) is 5.82. The van der Waals surface area contributed by atoms with E-state index >= 15 is 0 Å². The summed E-state index contributed by atoms with van der Waals surface area (Å²) in [6.45, 7) is 4.21. The molecule has 1 amide bonds. The summed E-state index contributed by atoms with van der Waals surface area (Å²) in [7, 11) is 0. The minimum absolute atomic E-state index is 0.419. The molecule has 8 heteroatoms. The summed E-state index contributed by atoms with van der Waals surface area (Å²) in [5, 5.41) is 11.1. The van der Waals surface area contributed by atoms with E-state index < -0.39 is 10.7 Å². The molecule has 0 saturated heterocycles. The number of nitrogens with one attached hydrogen (secondary N) is 1. The predicted molar refractivity (Wildman–Crippen MR) is 69.6 cm³/mol. The molecule has 1 aromatic rings. The molecule has 0 radical (unpaired) electrons. The van der Waals surface area contributed by atoms with Crippen LogP contribution >= 0.6 is 46.3 Å². The normalized spacial score (nSPS) is 12.8. The highest BCUT2D eigenvalue weighted by atomic mass is 35.5. The van der Waals surface area contributed by atoms with E-state index in [0.29, 0.717) is 10.4 Å². The summed E-state index contributed by atoms with van der Waals surface area (Å²) >= 11 is 13.7. The largest absolute Gasteiger partial charge is 0.298 e. The molecule has 4 nitrogen and oxygen atoms in total. The van der Waals surface area contributed by atoms with Crippen LogP contribution in [0.15, 0.2) is 4.34 Å². The van der Waals surface area contributed by atoms with E-state index in [1.165, 1.54) is 11.3 Å². The number of hydrogen-bond acceptors (Lipinski definition) is 5. The molecule has 0 aliphatic rings. The molecule has 0 aromatic carbocycles. The Morgan fingerprint density at radius 3 is 2.81 bits per heavy atom. The van der Waals surface area contributed by atoms with Gasteiger partial charge in [-0.2, -0.15) is 0 Å². The third-order valence-electron chi connectivity index (χ3n) is 1.71. The lowest BCUT2D eigenvalue weighted by atomic mass is 10.4. The van der Waals surface area contributed by atoms with Crippen LogP contribution in [0.5, 0.6) is 0 Å². The number of aromatic nitrogens is 2. The Labute approximate surface area is 112 Å². The molecule has 90 valence electrons. The van der Waals surface area contributed by atoms with Crippen LogP contribution in [0, 0.1) is 0 Å². The van der Waals surface area contributed by atoms with E-state index in [2.05, 4.69) is 29.4 Å². The Morgan fingerprint density at radius 1 is 1.56 bits per heavy atom. The van der Waals surface area contributed by atoms with Gasteiger partial charge in [0.25, 0.3) is 5.91 Å². The Hall–Kier alpha value is -0.0400. The van der Waals surface area contributed by atoms with Gasteiger partial charge in [0, 0.05) is 5.25 Å².